The average molecular weight is 745 g/mol. The van der Waals surface area contributed by atoms with Gasteiger partial charge in [0.25, 0.3) is 0 Å². The first-order valence-electron chi connectivity index (χ1n) is 32.6. The van der Waals surface area contributed by atoms with E-state index >= 15 is 0 Å². The maximum Gasteiger partial charge on any atom is 0.136 e. The Bertz CT molecular complexity index is 5300. The lowest BCUT2D eigenvalue weighted by Crippen LogP contribution is -1.92. The minimum absolute atomic E-state index is 0.266. The number of benzene rings is 10. The smallest absolute Gasteiger partial charge is 0.136 e. The van der Waals surface area contributed by atoms with Crippen molar-refractivity contribution in [1.29, 1.82) is 0 Å². The molecule has 0 bridgehead atoms. The summed E-state index contributed by atoms with van der Waals surface area (Å²) in [6.45, 7) is 0. The largest absolute Gasteiger partial charge is 0.456 e. The molecule has 2 nitrogen and oxygen atoms in total. The Balaban J connectivity index is 1.30. The van der Waals surface area contributed by atoms with Gasteiger partial charge in [-0.25, -0.2) is 0 Å². The molecule has 0 saturated carbocycles. The van der Waals surface area contributed by atoms with E-state index in [9.17, 15) is 17.8 Å². The molecule has 0 spiro atoms. The molecule has 56 heavy (non-hydrogen) atoms. The molecule has 260 valence electrons. The van der Waals surface area contributed by atoms with Crippen LogP contribution < -0.4 is 0 Å². The molecular formula is C54H32O2. The number of hydrogen-bond donors (Lipinski definition) is 0. The van der Waals surface area contributed by atoms with E-state index in [0.717, 1.165) is 0 Å². The lowest BCUT2D eigenvalue weighted by molar-refractivity contribution is 0.663. The molecule has 0 atom stereocenters. The van der Waals surface area contributed by atoms with Crippen molar-refractivity contribution < 1.29 is 52.7 Å². The van der Waals surface area contributed by atoms with Crippen LogP contribution in [-0.4, -0.2) is 0 Å². The summed E-state index contributed by atoms with van der Waals surface area (Å²) in [6, 6.07) is -31.5. The van der Waals surface area contributed by atoms with Crippen LogP contribution in [0.25, 0.3) is 121 Å². The summed E-state index contributed by atoms with van der Waals surface area (Å²) in [5.74, 6) is 0. The molecule has 2 aromatic heterocycles. The Labute approximate surface area is 367 Å². The predicted molar refractivity (Wildman–Crippen MR) is 235 cm³/mol. The third kappa shape index (κ3) is 4.57. The fraction of sp³-hybridized carbons (Fsp3) is 0. The van der Waals surface area contributed by atoms with Gasteiger partial charge in [-0.3, -0.25) is 0 Å². The van der Waals surface area contributed by atoms with Gasteiger partial charge >= 0.3 is 0 Å². The van der Waals surface area contributed by atoms with Crippen LogP contribution in [0.1, 0.15) is 43.9 Å². The van der Waals surface area contributed by atoms with Crippen LogP contribution in [0.4, 0.5) is 0 Å². The molecule has 0 aliphatic heterocycles. The van der Waals surface area contributed by atoms with Gasteiger partial charge in [0.05, 0.1) is 43.9 Å². The zero-order valence-corrected chi connectivity index (χ0v) is 27.8. The van der Waals surface area contributed by atoms with Crippen LogP contribution in [0.15, 0.2) is 202 Å². The van der Waals surface area contributed by atoms with E-state index < -0.39 is 298 Å². The van der Waals surface area contributed by atoms with Crippen molar-refractivity contribution in [3.63, 3.8) is 0 Å². The van der Waals surface area contributed by atoms with Crippen molar-refractivity contribution >= 4 is 76.2 Å². The van der Waals surface area contributed by atoms with E-state index in [1.807, 2.05) is 0 Å². The molecule has 0 fully saturated rings. The average Bonchev–Trinajstić information content (AvgIpc) is 1.04. The zero-order valence-electron chi connectivity index (χ0n) is 59.8. The van der Waals surface area contributed by atoms with E-state index in [1.54, 1.807) is 0 Å². The Morgan fingerprint density at radius 2 is 0.768 bits per heavy atom. The standard InChI is InChI=1S/C54H32O2/c1-2-13-33(14-3-1)34-15-12-16-36(31-34)51-40-19-6-8-21-42(40)52(43-22-9-7-20-41(43)51)44-28-27-37(38-17-4-5-18-39(38)44)35-25-26-46-50(32-35)56-49-30-29-48-53(54(46)49)45-23-10-11-24-47(45)55-48/h1-32H/i1D,2D,3D,4D,5D,6D,7D,8D,9D,10D,11D,12D,13D,14D,15D,16D,17D,18D,19D,20D,21D,22D,23D,24D,25D,26D,27D,28D,29D,30D,31D,32D. The topological polar surface area (TPSA) is 26.3 Å². The van der Waals surface area contributed by atoms with Crippen LogP contribution in [-0.2, 0) is 0 Å². The second-order valence-corrected chi connectivity index (χ2v) is 12.3. The zero-order chi connectivity index (χ0) is 64.6. The van der Waals surface area contributed by atoms with Crippen LogP contribution in [0.5, 0.6) is 0 Å². The normalized spacial score (nSPS) is 19.9. The first-order chi connectivity index (χ1) is 41.1. The SMILES string of the molecule is [2H]c1c([2H])c([2H])c(-c2c([2H])c([2H])c([2H])c(-c3c4c([2H])c([2H])c([2H])c([2H])c4c(-c4c([2H])c([2H])c(-c5c([2H])c([2H])c6c(oc7c([2H])c([2H])c8oc9c([2H])c([2H])c([2H])c([2H])c9c8c76)c5[2H])c5c([2H])c([2H])c([2H])c([2H])c45)c4c([2H])c([2H])c([2H])c([2H])c34)c2[2H])c([2H])c1[2H]. The molecule has 12 rings (SSSR count). The quantitative estimate of drug-likeness (QED) is 0.168. The first-order valence-corrected chi connectivity index (χ1v) is 16.6. The second-order valence-electron chi connectivity index (χ2n) is 12.3. The molecule has 0 unspecified atom stereocenters. The van der Waals surface area contributed by atoms with Gasteiger partial charge in [0.1, 0.15) is 22.3 Å². The van der Waals surface area contributed by atoms with E-state index in [4.69, 9.17) is 34.9 Å². The summed E-state index contributed by atoms with van der Waals surface area (Å²) in [6.07, 6.45) is 0. The maximum atomic E-state index is 10.0. The van der Waals surface area contributed by atoms with E-state index in [1.165, 1.54) is 0 Å². The van der Waals surface area contributed by atoms with E-state index in [-0.39, 0.29) is 16.2 Å². The van der Waals surface area contributed by atoms with Gasteiger partial charge in [-0.15, -0.1) is 0 Å². The number of furan rings is 2. The van der Waals surface area contributed by atoms with Gasteiger partial charge < -0.3 is 8.83 Å². The molecule has 0 saturated heterocycles. The first kappa shape index (κ1) is 13.1. The summed E-state index contributed by atoms with van der Waals surface area (Å²) in [5, 5.41) is -6.46. The van der Waals surface area contributed by atoms with Crippen molar-refractivity contribution in [2.75, 3.05) is 0 Å². The van der Waals surface area contributed by atoms with Crippen LogP contribution in [0.3, 0.4) is 0 Å². The molecule has 2 heteroatoms. The van der Waals surface area contributed by atoms with Gasteiger partial charge in [-0.05, 0) is 113 Å². The molecule has 0 aliphatic rings. The molecule has 0 radical (unpaired) electrons. The summed E-state index contributed by atoms with van der Waals surface area (Å²) in [4.78, 5) is 0. The molecular weight excluding hydrogens is 681 g/mol. The monoisotopic (exact) mass is 744 g/mol. The highest BCUT2D eigenvalue weighted by atomic mass is 16.3. The highest BCUT2D eigenvalue weighted by molar-refractivity contribution is 6.27. The third-order valence-corrected chi connectivity index (χ3v) is 9.33. The van der Waals surface area contributed by atoms with Crippen LogP contribution >= 0.6 is 0 Å². The third-order valence-electron chi connectivity index (χ3n) is 9.33. The van der Waals surface area contributed by atoms with Crippen molar-refractivity contribution in [3.8, 4) is 44.5 Å². The Hall–Kier alpha value is -7.42. The van der Waals surface area contributed by atoms with Gasteiger partial charge in [-0.2, -0.15) is 0 Å². The summed E-state index contributed by atoms with van der Waals surface area (Å²) in [7, 11) is 0. The minimum Gasteiger partial charge on any atom is -0.456 e. The Kier molecular flexibility index (Phi) is 2.82. The molecule has 12 aromatic rings. The second kappa shape index (κ2) is 12.0. The molecule has 0 amide bonds. The maximum absolute atomic E-state index is 10.0. The lowest BCUT2D eigenvalue weighted by Gasteiger charge is -2.20. The summed E-state index contributed by atoms with van der Waals surface area (Å²) in [5.41, 5.74) is -9.04. The molecule has 10 aromatic carbocycles. The number of rotatable bonds is 4. The van der Waals surface area contributed by atoms with Crippen LogP contribution in [0.2, 0.25) is 0 Å². The number of hydrogen-bond acceptors (Lipinski definition) is 2. The highest BCUT2D eigenvalue weighted by Crippen LogP contribution is 2.47. The van der Waals surface area contributed by atoms with Crippen molar-refractivity contribution in [2.45, 2.75) is 0 Å². The van der Waals surface area contributed by atoms with Crippen molar-refractivity contribution in [3.05, 3.63) is 193 Å². The van der Waals surface area contributed by atoms with Gasteiger partial charge in [-0.1, -0.05) is 157 Å². The Morgan fingerprint density at radius 1 is 0.268 bits per heavy atom. The van der Waals surface area contributed by atoms with Crippen molar-refractivity contribution in [2.24, 2.45) is 0 Å². The molecule has 2 heterocycles. The summed E-state index contributed by atoms with van der Waals surface area (Å²) >= 11 is 0. The lowest BCUT2D eigenvalue weighted by atomic mass is 9.83. The number of fused-ring (bicyclic) bond motifs is 10. The van der Waals surface area contributed by atoms with E-state index in [0.29, 0.717) is 0 Å². The van der Waals surface area contributed by atoms with Gasteiger partial charge in [0, 0.05) is 21.5 Å². The minimum atomic E-state index is -1.18. The van der Waals surface area contributed by atoms with Gasteiger partial charge in [0.2, 0.25) is 0 Å². The number of para-hydroxylation sites is 1. The Morgan fingerprint density at radius 3 is 1.46 bits per heavy atom. The van der Waals surface area contributed by atoms with Gasteiger partial charge in [0.15, 0.2) is 0 Å². The fourth-order valence-electron chi connectivity index (χ4n) is 7.03. The molecule has 0 aliphatic carbocycles. The predicted octanol–water partition coefficient (Wildman–Crippen LogP) is 15.6. The van der Waals surface area contributed by atoms with Crippen molar-refractivity contribution in [1.82, 2.24) is 0 Å². The van der Waals surface area contributed by atoms with E-state index in [2.05, 4.69) is 0 Å². The summed E-state index contributed by atoms with van der Waals surface area (Å²) < 4.78 is 304. The highest BCUT2D eigenvalue weighted by Gasteiger charge is 2.21. The fourth-order valence-corrected chi connectivity index (χ4v) is 7.03. The molecule has 0 N–H and O–H groups in total. The van der Waals surface area contributed by atoms with Crippen LogP contribution in [0, 0.1) is 0 Å².